The number of amides is 1. The Morgan fingerprint density at radius 1 is 1.47 bits per heavy atom. The fourth-order valence-corrected chi connectivity index (χ4v) is 2.85. The molecule has 1 rings (SSSR count). The second kappa shape index (κ2) is 8.12. The third-order valence-corrected chi connectivity index (χ3v) is 3.91. The van der Waals surface area contributed by atoms with E-state index in [1.54, 1.807) is 0 Å². The van der Waals surface area contributed by atoms with Gasteiger partial charge in [-0.2, -0.15) is 0 Å². The Balaban J connectivity index is 2.53. The van der Waals surface area contributed by atoms with Crippen LogP contribution in [0.1, 0.15) is 32.6 Å². The first-order valence-electron chi connectivity index (χ1n) is 6.17. The van der Waals surface area contributed by atoms with Crippen molar-refractivity contribution in [1.82, 2.24) is 4.90 Å². The summed E-state index contributed by atoms with van der Waals surface area (Å²) >= 11 is 6.42. The van der Waals surface area contributed by atoms with Crippen molar-refractivity contribution in [2.75, 3.05) is 6.54 Å². The van der Waals surface area contributed by atoms with Crippen molar-refractivity contribution in [1.29, 1.82) is 0 Å². The maximum Gasteiger partial charge on any atom is 0.303 e. The van der Waals surface area contributed by atoms with E-state index in [2.05, 4.69) is 6.92 Å². The standard InChI is InChI=1S/C13H17NO3S2/c1-2-3-4-5-7-10-12(17)14(13(18)19-10)9-6-8-11(15)16/h3-4,7H,2,5-6,8-9H2,1H3,(H,15,16)/b4-3+,10-7-. The molecule has 1 fully saturated rings. The summed E-state index contributed by atoms with van der Waals surface area (Å²) in [6, 6.07) is 0. The Labute approximate surface area is 122 Å². The van der Waals surface area contributed by atoms with Gasteiger partial charge in [0.15, 0.2) is 0 Å². The van der Waals surface area contributed by atoms with E-state index in [-0.39, 0.29) is 12.3 Å². The van der Waals surface area contributed by atoms with Gasteiger partial charge in [0, 0.05) is 13.0 Å². The molecule has 6 heteroatoms. The number of nitrogens with zero attached hydrogens (tertiary/aromatic N) is 1. The van der Waals surface area contributed by atoms with Crippen molar-refractivity contribution in [3.63, 3.8) is 0 Å². The van der Waals surface area contributed by atoms with Gasteiger partial charge in [-0.15, -0.1) is 0 Å². The van der Waals surface area contributed by atoms with Gasteiger partial charge in [0.25, 0.3) is 5.91 Å². The molecule has 1 amide bonds. The minimum absolute atomic E-state index is 0.0509. The predicted molar refractivity (Wildman–Crippen MR) is 80.9 cm³/mol. The molecule has 4 nitrogen and oxygen atoms in total. The molecule has 0 spiro atoms. The highest BCUT2D eigenvalue weighted by Gasteiger charge is 2.31. The molecule has 1 aliphatic heterocycles. The van der Waals surface area contributed by atoms with Gasteiger partial charge < -0.3 is 5.11 Å². The molecule has 104 valence electrons. The molecule has 1 saturated heterocycles. The van der Waals surface area contributed by atoms with E-state index in [0.29, 0.717) is 28.6 Å². The number of hydrogen-bond donors (Lipinski definition) is 1. The smallest absolute Gasteiger partial charge is 0.303 e. The van der Waals surface area contributed by atoms with Gasteiger partial charge in [-0.1, -0.05) is 49.1 Å². The van der Waals surface area contributed by atoms with E-state index in [1.165, 1.54) is 16.7 Å². The number of rotatable bonds is 7. The number of carboxylic acids is 1. The third-order valence-electron chi connectivity index (χ3n) is 2.49. The second-order valence-electron chi connectivity index (χ2n) is 4.01. The number of aliphatic carboxylic acids is 1. The van der Waals surface area contributed by atoms with Crippen LogP contribution in [-0.4, -0.2) is 32.7 Å². The largest absolute Gasteiger partial charge is 0.481 e. The topological polar surface area (TPSA) is 57.6 Å². The van der Waals surface area contributed by atoms with Crippen LogP contribution in [0.3, 0.4) is 0 Å². The molecule has 0 aliphatic carbocycles. The molecule has 0 aromatic rings. The van der Waals surface area contributed by atoms with Crippen LogP contribution < -0.4 is 0 Å². The van der Waals surface area contributed by atoms with E-state index < -0.39 is 5.97 Å². The van der Waals surface area contributed by atoms with Gasteiger partial charge in [-0.25, -0.2) is 0 Å². The van der Waals surface area contributed by atoms with Crippen molar-refractivity contribution in [3.8, 4) is 0 Å². The number of thiocarbonyl (C=S) groups is 1. The van der Waals surface area contributed by atoms with Crippen LogP contribution in [0.2, 0.25) is 0 Å². The van der Waals surface area contributed by atoms with Gasteiger partial charge in [0.1, 0.15) is 4.32 Å². The number of thioether (sulfide) groups is 1. The summed E-state index contributed by atoms with van der Waals surface area (Å²) in [5.41, 5.74) is 0. The molecule has 0 aromatic heterocycles. The lowest BCUT2D eigenvalue weighted by molar-refractivity contribution is -0.137. The first-order valence-corrected chi connectivity index (χ1v) is 7.39. The predicted octanol–water partition coefficient (Wildman–Crippen LogP) is 2.95. The summed E-state index contributed by atoms with van der Waals surface area (Å²) in [7, 11) is 0. The van der Waals surface area contributed by atoms with E-state index in [9.17, 15) is 9.59 Å². The van der Waals surface area contributed by atoms with Crippen molar-refractivity contribution in [2.45, 2.75) is 32.6 Å². The molecular formula is C13H17NO3S2. The van der Waals surface area contributed by atoms with E-state index in [4.69, 9.17) is 17.3 Å². The van der Waals surface area contributed by atoms with Gasteiger partial charge >= 0.3 is 5.97 Å². The molecule has 0 aromatic carbocycles. The van der Waals surface area contributed by atoms with Crippen LogP contribution >= 0.6 is 24.0 Å². The van der Waals surface area contributed by atoms with E-state index >= 15 is 0 Å². The number of allylic oxidation sites excluding steroid dienone is 3. The number of hydrogen-bond acceptors (Lipinski definition) is 4. The minimum atomic E-state index is -0.856. The normalized spacial score (nSPS) is 17.9. The summed E-state index contributed by atoms with van der Waals surface area (Å²) in [4.78, 5) is 24.6. The van der Waals surface area contributed by atoms with Crippen molar-refractivity contribution in [3.05, 3.63) is 23.1 Å². The van der Waals surface area contributed by atoms with Crippen LogP contribution in [0.5, 0.6) is 0 Å². The maximum absolute atomic E-state index is 12.0. The molecule has 1 aliphatic rings. The monoisotopic (exact) mass is 299 g/mol. The quantitative estimate of drug-likeness (QED) is 0.445. The highest BCUT2D eigenvalue weighted by atomic mass is 32.2. The van der Waals surface area contributed by atoms with Crippen LogP contribution in [0.4, 0.5) is 0 Å². The van der Waals surface area contributed by atoms with Gasteiger partial charge in [-0.3, -0.25) is 14.5 Å². The van der Waals surface area contributed by atoms with Crippen LogP contribution in [0.15, 0.2) is 23.1 Å². The fraction of sp³-hybridized carbons (Fsp3) is 0.462. The summed E-state index contributed by atoms with van der Waals surface area (Å²) < 4.78 is 0.515. The summed E-state index contributed by atoms with van der Waals surface area (Å²) in [6.45, 7) is 2.43. The fourth-order valence-electron chi connectivity index (χ4n) is 1.56. The summed E-state index contributed by atoms with van der Waals surface area (Å²) in [6.07, 6.45) is 8.08. The van der Waals surface area contributed by atoms with Crippen molar-refractivity contribution >= 4 is 40.2 Å². The number of carboxylic acid groups (broad SMARTS) is 1. The molecule has 0 radical (unpaired) electrons. The van der Waals surface area contributed by atoms with Crippen LogP contribution in [0.25, 0.3) is 0 Å². The Morgan fingerprint density at radius 2 is 2.21 bits per heavy atom. The minimum Gasteiger partial charge on any atom is -0.481 e. The van der Waals surface area contributed by atoms with Gasteiger partial charge in [0.2, 0.25) is 0 Å². The average molecular weight is 299 g/mol. The number of carbonyl (C=O) groups excluding carboxylic acids is 1. The van der Waals surface area contributed by atoms with Gasteiger partial charge in [0.05, 0.1) is 4.91 Å². The molecular weight excluding hydrogens is 282 g/mol. The second-order valence-corrected chi connectivity index (χ2v) is 5.68. The van der Waals surface area contributed by atoms with E-state index in [0.717, 1.165) is 6.42 Å². The maximum atomic E-state index is 12.0. The molecule has 0 unspecified atom stereocenters. The van der Waals surface area contributed by atoms with E-state index in [1.807, 2.05) is 18.2 Å². The zero-order valence-corrected chi connectivity index (χ0v) is 12.4. The van der Waals surface area contributed by atoms with Crippen molar-refractivity contribution in [2.24, 2.45) is 0 Å². The Bertz CT molecular complexity index is 430. The average Bonchev–Trinajstić information content (AvgIpc) is 2.62. The van der Waals surface area contributed by atoms with Crippen molar-refractivity contribution < 1.29 is 14.7 Å². The Kier molecular flexibility index (Phi) is 6.80. The Hall–Kier alpha value is -1.14. The zero-order chi connectivity index (χ0) is 14.3. The van der Waals surface area contributed by atoms with Crippen LogP contribution in [0, 0.1) is 0 Å². The third kappa shape index (κ3) is 5.16. The number of carbonyl (C=O) groups is 2. The summed E-state index contributed by atoms with van der Waals surface area (Å²) in [5.74, 6) is -0.962. The highest BCUT2D eigenvalue weighted by molar-refractivity contribution is 8.26. The first kappa shape index (κ1) is 15.9. The lowest BCUT2D eigenvalue weighted by Crippen LogP contribution is -2.29. The SMILES string of the molecule is CC/C=C/C/C=C1\SC(=S)N(CCCC(=O)O)C1=O. The zero-order valence-electron chi connectivity index (χ0n) is 10.8. The molecule has 0 saturated carbocycles. The first-order chi connectivity index (χ1) is 9.06. The lowest BCUT2D eigenvalue weighted by Gasteiger charge is -2.13. The lowest BCUT2D eigenvalue weighted by atomic mass is 10.3. The molecule has 19 heavy (non-hydrogen) atoms. The molecule has 0 atom stereocenters. The highest BCUT2D eigenvalue weighted by Crippen LogP contribution is 2.31. The molecule has 1 heterocycles. The molecule has 0 bridgehead atoms. The van der Waals surface area contributed by atoms with Gasteiger partial charge in [-0.05, 0) is 19.3 Å². The Morgan fingerprint density at radius 3 is 2.84 bits per heavy atom. The van der Waals surface area contributed by atoms with Crippen LogP contribution in [-0.2, 0) is 9.59 Å². The molecule has 1 N–H and O–H groups in total. The summed E-state index contributed by atoms with van der Waals surface area (Å²) in [5, 5.41) is 8.58.